The van der Waals surface area contributed by atoms with Crippen molar-refractivity contribution in [2.75, 3.05) is 7.11 Å². The summed E-state index contributed by atoms with van der Waals surface area (Å²) in [5.74, 6) is -0.169. The van der Waals surface area contributed by atoms with Gasteiger partial charge >= 0.3 is 0 Å². The largest absolute Gasteiger partial charge is 0.496 e. The molecule has 3 heterocycles. The van der Waals surface area contributed by atoms with Crippen LogP contribution in [0, 0.1) is 0 Å². The number of H-pyrrole nitrogens is 2. The van der Waals surface area contributed by atoms with E-state index in [-0.39, 0.29) is 0 Å². The highest BCUT2D eigenvalue weighted by Crippen LogP contribution is 2.39. The van der Waals surface area contributed by atoms with Crippen molar-refractivity contribution in [2.45, 2.75) is 0 Å². The fourth-order valence-corrected chi connectivity index (χ4v) is 3.77. The van der Waals surface area contributed by atoms with E-state index in [4.69, 9.17) is 4.74 Å². The molecule has 2 aromatic heterocycles. The molecule has 0 radical (unpaired) electrons. The molecule has 0 saturated carbocycles. The topological polar surface area (TPSA) is 87.0 Å². The SMILES string of the molecule is COc1cccc2[nH]cc(C3=C(c4c[nH]c5ccccc45)C(=O)NC3=O)c12. The minimum Gasteiger partial charge on any atom is -0.496 e. The summed E-state index contributed by atoms with van der Waals surface area (Å²) in [7, 11) is 1.58. The van der Waals surface area contributed by atoms with Gasteiger partial charge in [0.15, 0.2) is 0 Å². The number of amides is 2. The van der Waals surface area contributed by atoms with E-state index < -0.39 is 11.8 Å². The molecule has 132 valence electrons. The first-order valence-electron chi connectivity index (χ1n) is 8.50. The molecule has 27 heavy (non-hydrogen) atoms. The molecule has 0 bridgehead atoms. The van der Waals surface area contributed by atoms with E-state index in [0.717, 1.165) is 21.8 Å². The van der Waals surface area contributed by atoms with Crippen molar-refractivity contribution < 1.29 is 14.3 Å². The Balaban J connectivity index is 1.86. The highest BCUT2D eigenvalue weighted by molar-refractivity contribution is 6.50. The van der Waals surface area contributed by atoms with Gasteiger partial charge in [-0.1, -0.05) is 24.3 Å². The number of carbonyl (C=O) groups excluding carboxylic acids is 2. The van der Waals surface area contributed by atoms with Gasteiger partial charge < -0.3 is 14.7 Å². The minimum atomic E-state index is -0.410. The van der Waals surface area contributed by atoms with Gasteiger partial charge in [0.1, 0.15) is 5.75 Å². The van der Waals surface area contributed by atoms with Crippen LogP contribution in [0.2, 0.25) is 0 Å². The maximum Gasteiger partial charge on any atom is 0.259 e. The van der Waals surface area contributed by atoms with Gasteiger partial charge in [-0.25, -0.2) is 0 Å². The molecular weight excluding hydrogens is 342 g/mol. The zero-order valence-corrected chi connectivity index (χ0v) is 14.4. The first-order chi connectivity index (χ1) is 13.2. The number of aromatic nitrogens is 2. The molecule has 0 spiro atoms. The van der Waals surface area contributed by atoms with Crippen molar-refractivity contribution in [2.24, 2.45) is 0 Å². The molecule has 2 aromatic carbocycles. The summed E-state index contributed by atoms with van der Waals surface area (Å²) in [6.45, 7) is 0. The standard InChI is InChI=1S/C21H15N3O3/c1-27-16-8-4-7-15-17(16)13(10-23-15)19-18(20(25)24-21(19)26)12-9-22-14-6-3-2-5-11(12)14/h2-10,22-23H,1H3,(H,24,25,26). The van der Waals surface area contributed by atoms with Crippen molar-refractivity contribution in [3.8, 4) is 5.75 Å². The van der Waals surface area contributed by atoms with E-state index in [2.05, 4.69) is 15.3 Å². The lowest BCUT2D eigenvalue weighted by atomic mass is 9.95. The molecule has 5 rings (SSSR count). The van der Waals surface area contributed by atoms with Crippen molar-refractivity contribution in [3.63, 3.8) is 0 Å². The van der Waals surface area contributed by atoms with Crippen LogP contribution in [0.5, 0.6) is 5.75 Å². The molecule has 0 atom stereocenters. The van der Waals surface area contributed by atoms with Gasteiger partial charge in [0.05, 0.1) is 18.3 Å². The van der Waals surface area contributed by atoms with Crippen molar-refractivity contribution in [3.05, 3.63) is 66.0 Å². The average molecular weight is 357 g/mol. The number of ether oxygens (including phenoxy) is 1. The highest BCUT2D eigenvalue weighted by atomic mass is 16.5. The Morgan fingerprint density at radius 2 is 1.44 bits per heavy atom. The lowest BCUT2D eigenvalue weighted by Gasteiger charge is -2.06. The van der Waals surface area contributed by atoms with Crippen LogP contribution in [-0.2, 0) is 9.59 Å². The third kappa shape index (κ3) is 2.13. The number of hydrogen-bond acceptors (Lipinski definition) is 3. The van der Waals surface area contributed by atoms with Crippen molar-refractivity contribution in [1.29, 1.82) is 0 Å². The van der Waals surface area contributed by atoms with Crippen LogP contribution in [0.15, 0.2) is 54.9 Å². The molecule has 1 aliphatic rings. The van der Waals surface area contributed by atoms with Gasteiger partial charge in [-0.15, -0.1) is 0 Å². The maximum atomic E-state index is 12.7. The second kappa shape index (κ2) is 5.60. The number of aromatic amines is 2. The summed E-state index contributed by atoms with van der Waals surface area (Å²) in [5.41, 5.74) is 3.80. The monoisotopic (exact) mass is 357 g/mol. The molecule has 0 fully saturated rings. The summed E-state index contributed by atoms with van der Waals surface area (Å²) in [6, 6.07) is 13.3. The van der Waals surface area contributed by atoms with Gasteiger partial charge in [0, 0.05) is 45.3 Å². The zero-order chi connectivity index (χ0) is 18.5. The summed E-state index contributed by atoms with van der Waals surface area (Å²) < 4.78 is 5.48. The molecule has 6 heteroatoms. The van der Waals surface area contributed by atoms with Crippen molar-refractivity contribution >= 4 is 44.8 Å². The van der Waals surface area contributed by atoms with E-state index in [1.54, 1.807) is 19.5 Å². The number of benzene rings is 2. The summed E-state index contributed by atoms with van der Waals surface area (Å²) >= 11 is 0. The Labute approximate surface area is 153 Å². The van der Waals surface area contributed by atoms with E-state index in [9.17, 15) is 9.59 Å². The predicted molar refractivity (Wildman–Crippen MR) is 103 cm³/mol. The van der Waals surface area contributed by atoms with E-state index in [0.29, 0.717) is 28.0 Å². The average Bonchev–Trinajstić information content (AvgIpc) is 3.36. The molecule has 2 amide bonds. The fraction of sp³-hybridized carbons (Fsp3) is 0.0476. The molecule has 1 aliphatic heterocycles. The molecular formula is C21H15N3O3. The van der Waals surface area contributed by atoms with Crippen LogP contribution in [0.1, 0.15) is 11.1 Å². The van der Waals surface area contributed by atoms with Gasteiger partial charge in [-0.3, -0.25) is 14.9 Å². The molecule has 0 saturated heterocycles. The Morgan fingerprint density at radius 1 is 0.778 bits per heavy atom. The number of imide groups is 1. The number of fused-ring (bicyclic) bond motifs is 2. The highest BCUT2D eigenvalue weighted by Gasteiger charge is 2.35. The van der Waals surface area contributed by atoms with E-state index >= 15 is 0 Å². The zero-order valence-electron chi connectivity index (χ0n) is 14.4. The second-order valence-corrected chi connectivity index (χ2v) is 6.37. The number of hydrogen-bond donors (Lipinski definition) is 3. The predicted octanol–water partition coefficient (Wildman–Crippen LogP) is 3.22. The first kappa shape index (κ1) is 15.5. The molecule has 3 N–H and O–H groups in total. The number of nitrogens with one attached hydrogen (secondary N) is 3. The number of rotatable bonds is 3. The van der Waals surface area contributed by atoms with Gasteiger partial charge in [-0.2, -0.15) is 0 Å². The van der Waals surface area contributed by atoms with Gasteiger partial charge in [-0.05, 0) is 18.2 Å². The van der Waals surface area contributed by atoms with Crippen LogP contribution in [-0.4, -0.2) is 28.9 Å². The van der Waals surface area contributed by atoms with Gasteiger partial charge in [0.2, 0.25) is 0 Å². The molecule has 6 nitrogen and oxygen atoms in total. The number of carbonyl (C=O) groups is 2. The smallest absolute Gasteiger partial charge is 0.259 e. The van der Waals surface area contributed by atoms with Crippen LogP contribution in [0.4, 0.5) is 0 Å². The molecule has 0 unspecified atom stereocenters. The normalized spacial score (nSPS) is 14.4. The Kier molecular flexibility index (Phi) is 3.21. The quantitative estimate of drug-likeness (QED) is 0.492. The Bertz CT molecular complexity index is 1280. The lowest BCUT2D eigenvalue weighted by molar-refractivity contribution is -0.122. The third-order valence-electron chi connectivity index (χ3n) is 4.95. The molecule has 4 aromatic rings. The maximum absolute atomic E-state index is 12.7. The Hall–Kier alpha value is -3.80. The second-order valence-electron chi connectivity index (χ2n) is 6.37. The summed E-state index contributed by atoms with van der Waals surface area (Å²) in [5, 5.41) is 4.11. The van der Waals surface area contributed by atoms with Crippen LogP contribution >= 0.6 is 0 Å². The number of methoxy groups -OCH3 is 1. The lowest BCUT2D eigenvalue weighted by Crippen LogP contribution is -2.22. The first-order valence-corrected chi connectivity index (χ1v) is 8.50. The van der Waals surface area contributed by atoms with Gasteiger partial charge in [0.25, 0.3) is 11.8 Å². The van der Waals surface area contributed by atoms with Crippen LogP contribution in [0.25, 0.3) is 33.0 Å². The van der Waals surface area contributed by atoms with Crippen LogP contribution in [0.3, 0.4) is 0 Å². The van der Waals surface area contributed by atoms with E-state index in [1.807, 2.05) is 42.5 Å². The van der Waals surface area contributed by atoms with E-state index in [1.165, 1.54) is 0 Å². The summed E-state index contributed by atoms with van der Waals surface area (Å²) in [6.07, 6.45) is 3.51. The third-order valence-corrected chi connectivity index (χ3v) is 4.95. The van der Waals surface area contributed by atoms with Crippen molar-refractivity contribution in [1.82, 2.24) is 15.3 Å². The fourth-order valence-electron chi connectivity index (χ4n) is 3.77. The van der Waals surface area contributed by atoms with Crippen LogP contribution < -0.4 is 10.1 Å². The summed E-state index contributed by atoms with van der Waals surface area (Å²) in [4.78, 5) is 31.7. The Morgan fingerprint density at radius 3 is 2.26 bits per heavy atom. The molecule has 0 aliphatic carbocycles. The minimum absolute atomic E-state index is 0.348. The number of para-hydroxylation sites is 1.